The lowest BCUT2D eigenvalue weighted by Crippen LogP contribution is -2.44. The maximum absolute atomic E-state index is 6.52. The van der Waals surface area contributed by atoms with Crippen LogP contribution in [0.3, 0.4) is 0 Å². The van der Waals surface area contributed by atoms with Gasteiger partial charge in [-0.2, -0.15) is 0 Å². The molecule has 22 heavy (non-hydrogen) atoms. The molecule has 3 rings (SSSR count). The SMILES string of the molecule is CC(C)(C)[Si](C)(C)Oc1ccc2n1[C@H](c1ccccc1)OC2. The topological polar surface area (TPSA) is 23.4 Å². The number of hydrogen-bond acceptors (Lipinski definition) is 2. The molecular weight excluding hydrogens is 290 g/mol. The Morgan fingerprint density at radius 2 is 1.77 bits per heavy atom. The van der Waals surface area contributed by atoms with Crippen LogP contribution >= 0.6 is 0 Å². The van der Waals surface area contributed by atoms with Gasteiger partial charge in [-0.25, -0.2) is 0 Å². The molecule has 2 aromatic rings. The molecule has 1 aliphatic rings. The first-order valence-electron chi connectivity index (χ1n) is 7.85. The Kier molecular flexibility index (Phi) is 3.69. The van der Waals surface area contributed by atoms with Crippen molar-refractivity contribution in [2.24, 2.45) is 0 Å². The van der Waals surface area contributed by atoms with E-state index < -0.39 is 8.32 Å². The van der Waals surface area contributed by atoms with Gasteiger partial charge in [0.15, 0.2) is 12.1 Å². The van der Waals surface area contributed by atoms with Gasteiger partial charge < -0.3 is 9.16 Å². The van der Waals surface area contributed by atoms with Crippen molar-refractivity contribution >= 4 is 8.32 Å². The smallest absolute Gasteiger partial charge is 0.252 e. The van der Waals surface area contributed by atoms with Crippen LogP contribution in [0, 0.1) is 0 Å². The normalized spacial score (nSPS) is 18.3. The molecule has 1 aromatic heterocycles. The fourth-order valence-corrected chi connectivity index (χ4v) is 3.45. The summed E-state index contributed by atoms with van der Waals surface area (Å²) < 4.78 is 14.7. The lowest BCUT2D eigenvalue weighted by Gasteiger charge is -2.36. The predicted octanol–water partition coefficient (Wildman–Crippen LogP) is 4.95. The summed E-state index contributed by atoms with van der Waals surface area (Å²) in [5.74, 6) is 0.938. The predicted molar refractivity (Wildman–Crippen MR) is 91.6 cm³/mol. The third kappa shape index (κ3) is 2.61. The van der Waals surface area contributed by atoms with Crippen molar-refractivity contribution in [1.82, 2.24) is 4.57 Å². The van der Waals surface area contributed by atoms with E-state index in [2.05, 4.69) is 74.8 Å². The van der Waals surface area contributed by atoms with Gasteiger partial charge in [0, 0.05) is 11.3 Å². The Hall–Kier alpha value is -1.52. The molecule has 0 saturated carbocycles. The lowest BCUT2D eigenvalue weighted by molar-refractivity contribution is 0.0602. The highest BCUT2D eigenvalue weighted by Crippen LogP contribution is 2.41. The number of ether oxygens (including phenoxy) is 1. The quantitative estimate of drug-likeness (QED) is 0.748. The third-order valence-electron chi connectivity index (χ3n) is 4.84. The summed E-state index contributed by atoms with van der Waals surface area (Å²) in [6.07, 6.45) is -0.0778. The minimum absolute atomic E-state index is 0.0778. The fourth-order valence-electron chi connectivity index (χ4n) is 2.45. The maximum Gasteiger partial charge on any atom is 0.252 e. The zero-order chi connectivity index (χ0) is 16.0. The van der Waals surface area contributed by atoms with E-state index in [1.807, 2.05) is 6.07 Å². The van der Waals surface area contributed by atoms with Crippen molar-refractivity contribution in [1.29, 1.82) is 0 Å². The number of rotatable bonds is 3. The largest absolute Gasteiger partial charge is 0.532 e. The van der Waals surface area contributed by atoms with Gasteiger partial charge in [0.2, 0.25) is 0 Å². The Balaban J connectivity index is 1.94. The second-order valence-corrected chi connectivity index (χ2v) is 12.2. The van der Waals surface area contributed by atoms with Gasteiger partial charge in [-0.3, -0.25) is 4.57 Å². The van der Waals surface area contributed by atoms with Crippen molar-refractivity contribution in [3.05, 3.63) is 53.7 Å². The summed E-state index contributed by atoms with van der Waals surface area (Å²) in [5, 5.41) is 0.180. The highest BCUT2D eigenvalue weighted by Gasteiger charge is 2.40. The molecule has 1 aromatic carbocycles. The first-order chi connectivity index (χ1) is 10.3. The zero-order valence-electron chi connectivity index (χ0n) is 14.1. The molecule has 0 radical (unpaired) electrons. The molecule has 1 atom stereocenters. The molecule has 4 heteroatoms. The first kappa shape index (κ1) is 15.4. The Labute approximate surface area is 134 Å². The summed E-state index contributed by atoms with van der Waals surface area (Å²) in [5.41, 5.74) is 2.35. The molecule has 0 amide bonds. The Bertz CT molecular complexity index is 655. The van der Waals surface area contributed by atoms with Gasteiger partial charge in [0.1, 0.15) is 0 Å². The van der Waals surface area contributed by atoms with E-state index in [9.17, 15) is 0 Å². The van der Waals surface area contributed by atoms with Gasteiger partial charge in [-0.15, -0.1) is 0 Å². The van der Waals surface area contributed by atoms with Crippen LogP contribution in [0.25, 0.3) is 0 Å². The van der Waals surface area contributed by atoms with Gasteiger partial charge >= 0.3 is 0 Å². The highest BCUT2D eigenvalue weighted by atomic mass is 28.4. The summed E-state index contributed by atoms with van der Waals surface area (Å²) in [6.45, 7) is 12.0. The number of aromatic nitrogens is 1. The minimum atomic E-state index is -1.86. The standard InChI is InChI=1S/C18H25NO2Si/c1-18(2,3)22(4,5)21-16-12-11-15-13-20-17(19(15)16)14-9-7-6-8-10-14/h6-12,17H,13H2,1-5H3/t17-/m0/s1. The molecule has 1 aliphatic heterocycles. The molecule has 0 bridgehead atoms. The zero-order valence-corrected chi connectivity index (χ0v) is 15.1. The number of fused-ring (bicyclic) bond motifs is 1. The molecule has 0 aliphatic carbocycles. The lowest BCUT2D eigenvalue weighted by atomic mass is 10.2. The van der Waals surface area contributed by atoms with Crippen molar-refractivity contribution in [2.75, 3.05) is 0 Å². The summed E-state index contributed by atoms with van der Waals surface area (Å²) in [4.78, 5) is 0. The van der Waals surface area contributed by atoms with Crippen LogP contribution in [-0.2, 0) is 11.3 Å². The van der Waals surface area contributed by atoms with E-state index in [4.69, 9.17) is 9.16 Å². The summed E-state index contributed by atoms with van der Waals surface area (Å²) >= 11 is 0. The van der Waals surface area contributed by atoms with Gasteiger partial charge in [-0.1, -0.05) is 51.1 Å². The van der Waals surface area contributed by atoms with Gasteiger partial charge in [0.05, 0.1) is 6.61 Å². The maximum atomic E-state index is 6.52. The van der Waals surface area contributed by atoms with Crippen LogP contribution in [0.4, 0.5) is 0 Å². The van der Waals surface area contributed by atoms with Crippen molar-refractivity contribution < 1.29 is 9.16 Å². The molecule has 3 nitrogen and oxygen atoms in total. The second-order valence-electron chi connectivity index (χ2n) is 7.47. The van der Waals surface area contributed by atoms with E-state index >= 15 is 0 Å². The second kappa shape index (κ2) is 5.28. The molecule has 0 unspecified atom stereocenters. The third-order valence-corrected chi connectivity index (χ3v) is 9.17. The van der Waals surface area contributed by atoms with Crippen LogP contribution in [-0.4, -0.2) is 12.9 Å². The van der Waals surface area contributed by atoms with Crippen LogP contribution in [0.1, 0.15) is 38.3 Å². The van der Waals surface area contributed by atoms with Crippen LogP contribution < -0.4 is 4.43 Å². The summed E-state index contributed by atoms with van der Waals surface area (Å²) in [7, 11) is -1.86. The fraction of sp³-hybridized carbons (Fsp3) is 0.444. The number of benzene rings is 1. The van der Waals surface area contributed by atoms with Gasteiger partial charge in [0.25, 0.3) is 8.32 Å². The molecule has 118 valence electrons. The molecule has 0 saturated heterocycles. The summed E-state index contributed by atoms with van der Waals surface area (Å²) in [6, 6.07) is 14.6. The average Bonchev–Trinajstić information content (AvgIpc) is 3.01. The van der Waals surface area contributed by atoms with Crippen molar-refractivity contribution in [2.45, 2.75) is 51.7 Å². The van der Waals surface area contributed by atoms with Crippen molar-refractivity contribution in [3.63, 3.8) is 0 Å². The Morgan fingerprint density at radius 3 is 2.41 bits per heavy atom. The van der Waals surface area contributed by atoms with E-state index in [-0.39, 0.29) is 11.3 Å². The molecule has 0 N–H and O–H groups in total. The van der Waals surface area contributed by atoms with Crippen LogP contribution in [0.5, 0.6) is 5.88 Å². The van der Waals surface area contributed by atoms with E-state index in [0.29, 0.717) is 6.61 Å². The number of nitrogens with zero attached hydrogens (tertiary/aromatic N) is 1. The monoisotopic (exact) mass is 315 g/mol. The van der Waals surface area contributed by atoms with Crippen LogP contribution in [0.15, 0.2) is 42.5 Å². The van der Waals surface area contributed by atoms with Gasteiger partial charge in [-0.05, 0) is 30.3 Å². The minimum Gasteiger partial charge on any atom is -0.532 e. The number of hydrogen-bond donors (Lipinski definition) is 0. The molecule has 0 fully saturated rings. The Morgan fingerprint density at radius 1 is 1.09 bits per heavy atom. The average molecular weight is 315 g/mol. The first-order valence-corrected chi connectivity index (χ1v) is 10.8. The van der Waals surface area contributed by atoms with E-state index in [0.717, 1.165) is 11.4 Å². The molecule has 2 heterocycles. The molecular formula is C18H25NO2Si. The van der Waals surface area contributed by atoms with E-state index in [1.54, 1.807) is 0 Å². The van der Waals surface area contributed by atoms with E-state index in [1.165, 1.54) is 5.69 Å². The highest BCUT2D eigenvalue weighted by molar-refractivity contribution is 6.74. The van der Waals surface area contributed by atoms with Crippen LogP contribution in [0.2, 0.25) is 18.1 Å². The molecule has 0 spiro atoms. The van der Waals surface area contributed by atoms with Crippen molar-refractivity contribution in [3.8, 4) is 5.88 Å².